The summed E-state index contributed by atoms with van der Waals surface area (Å²) in [7, 11) is 0. The maximum Gasteiger partial charge on any atom is 0.340 e. The van der Waals surface area contributed by atoms with Crippen LogP contribution in [0.15, 0.2) is 33.5 Å². The van der Waals surface area contributed by atoms with Crippen molar-refractivity contribution >= 4 is 28.5 Å². The first kappa shape index (κ1) is 22.3. The number of ether oxygens (including phenoxy) is 2. The van der Waals surface area contributed by atoms with Crippen molar-refractivity contribution in [2.45, 2.75) is 20.3 Å². The number of hydrogen-bond donors (Lipinski definition) is 1. The molecule has 1 saturated heterocycles. The maximum absolute atomic E-state index is 12.5. The molecule has 1 fully saturated rings. The molecule has 0 radical (unpaired) electrons. The van der Waals surface area contributed by atoms with E-state index < -0.39 is 5.63 Å². The molecule has 1 aliphatic heterocycles. The van der Waals surface area contributed by atoms with Crippen LogP contribution in [0.3, 0.4) is 0 Å². The zero-order valence-electron chi connectivity index (χ0n) is 17.4. The lowest BCUT2D eigenvalue weighted by atomic mass is 10.0. The normalized spacial score (nSPS) is 14.6. The van der Waals surface area contributed by atoms with Crippen LogP contribution in [0.25, 0.3) is 11.0 Å². The van der Waals surface area contributed by atoms with Crippen molar-refractivity contribution in [2.24, 2.45) is 0 Å². The summed E-state index contributed by atoms with van der Waals surface area (Å²) < 4.78 is 16.4. The quantitative estimate of drug-likeness (QED) is 0.508. The topological polar surface area (TPSA) is 81.0 Å². The molecule has 7 nitrogen and oxygen atoms in total. The van der Waals surface area contributed by atoms with E-state index in [1.807, 2.05) is 6.92 Å². The van der Waals surface area contributed by atoms with Gasteiger partial charge in [-0.3, -0.25) is 9.69 Å². The van der Waals surface area contributed by atoms with Gasteiger partial charge in [-0.05, 0) is 31.1 Å². The molecule has 2 heterocycles. The lowest BCUT2D eigenvalue weighted by molar-refractivity contribution is -0.120. The SMILES string of the molecule is C=C(C)COc1cc2oc(=O)c(CC(=O)NCCN3CCOCC3)c(C)c2cc1Cl. The van der Waals surface area contributed by atoms with Crippen molar-refractivity contribution in [3.05, 3.63) is 50.9 Å². The number of halogens is 1. The Morgan fingerprint density at radius 1 is 1.33 bits per heavy atom. The summed E-state index contributed by atoms with van der Waals surface area (Å²) in [5.74, 6) is 0.203. The summed E-state index contributed by atoms with van der Waals surface area (Å²) in [6.45, 7) is 12.2. The van der Waals surface area contributed by atoms with E-state index in [0.29, 0.717) is 59.2 Å². The van der Waals surface area contributed by atoms with E-state index in [4.69, 9.17) is 25.5 Å². The molecular weight excluding hydrogens is 408 g/mol. The molecule has 0 unspecified atom stereocenters. The second-order valence-corrected chi connectivity index (χ2v) is 7.91. The molecule has 0 spiro atoms. The number of hydrogen-bond acceptors (Lipinski definition) is 6. The highest BCUT2D eigenvalue weighted by Gasteiger charge is 2.17. The Kier molecular flexibility index (Phi) is 7.53. The van der Waals surface area contributed by atoms with Crippen LogP contribution in [0.5, 0.6) is 5.75 Å². The Morgan fingerprint density at radius 3 is 2.77 bits per heavy atom. The van der Waals surface area contributed by atoms with Crippen molar-refractivity contribution in [3.8, 4) is 5.75 Å². The minimum Gasteiger partial charge on any atom is -0.488 e. The molecule has 8 heteroatoms. The number of morpholine rings is 1. The Balaban J connectivity index is 1.70. The van der Waals surface area contributed by atoms with Gasteiger partial charge in [0.05, 0.1) is 30.2 Å². The number of benzene rings is 1. The summed E-state index contributed by atoms with van der Waals surface area (Å²) >= 11 is 6.33. The van der Waals surface area contributed by atoms with Crippen LogP contribution in [-0.2, 0) is 16.0 Å². The van der Waals surface area contributed by atoms with Crippen LogP contribution in [0.1, 0.15) is 18.1 Å². The zero-order valence-corrected chi connectivity index (χ0v) is 18.1. The monoisotopic (exact) mass is 434 g/mol. The highest BCUT2D eigenvalue weighted by molar-refractivity contribution is 6.32. The fraction of sp³-hybridized carbons (Fsp3) is 0.455. The summed E-state index contributed by atoms with van der Waals surface area (Å²) in [6, 6.07) is 3.30. The van der Waals surface area contributed by atoms with E-state index in [-0.39, 0.29) is 12.3 Å². The van der Waals surface area contributed by atoms with E-state index >= 15 is 0 Å². The molecule has 162 valence electrons. The third-order valence-corrected chi connectivity index (χ3v) is 5.30. The highest BCUT2D eigenvalue weighted by atomic mass is 35.5. The summed E-state index contributed by atoms with van der Waals surface area (Å²) in [5.41, 5.74) is 1.70. The molecule has 0 atom stereocenters. The first-order valence-electron chi connectivity index (χ1n) is 9.95. The molecule has 3 rings (SSSR count). The van der Waals surface area contributed by atoms with Crippen molar-refractivity contribution in [2.75, 3.05) is 46.0 Å². The average molecular weight is 435 g/mol. The van der Waals surface area contributed by atoms with Crippen LogP contribution >= 0.6 is 11.6 Å². The minimum absolute atomic E-state index is 0.0429. The summed E-state index contributed by atoms with van der Waals surface area (Å²) in [5, 5.41) is 3.96. The van der Waals surface area contributed by atoms with Gasteiger partial charge in [0.25, 0.3) is 0 Å². The second-order valence-electron chi connectivity index (χ2n) is 7.50. The Labute approximate surface area is 180 Å². The Morgan fingerprint density at radius 2 is 2.07 bits per heavy atom. The van der Waals surface area contributed by atoms with Gasteiger partial charge in [-0.1, -0.05) is 18.2 Å². The van der Waals surface area contributed by atoms with Gasteiger partial charge in [0.1, 0.15) is 17.9 Å². The number of amides is 1. The molecule has 2 aromatic rings. The third-order valence-electron chi connectivity index (χ3n) is 5.01. The standard InChI is InChI=1S/C22H27ClN2O5/c1-14(2)13-29-20-12-19-16(10-18(20)23)15(3)17(22(27)30-19)11-21(26)24-4-5-25-6-8-28-9-7-25/h10,12H,1,4-9,11,13H2,2-3H3,(H,24,26). The maximum atomic E-state index is 12.5. The number of aryl methyl sites for hydroxylation is 1. The minimum atomic E-state index is -0.531. The largest absolute Gasteiger partial charge is 0.488 e. The average Bonchev–Trinajstić information content (AvgIpc) is 2.71. The van der Waals surface area contributed by atoms with Gasteiger partial charge in [0.15, 0.2) is 0 Å². The molecule has 1 N–H and O–H groups in total. The molecule has 0 saturated carbocycles. The van der Waals surface area contributed by atoms with Gasteiger partial charge in [-0.25, -0.2) is 4.79 Å². The van der Waals surface area contributed by atoms with Crippen LogP contribution in [0, 0.1) is 6.92 Å². The van der Waals surface area contributed by atoms with E-state index in [9.17, 15) is 9.59 Å². The number of carbonyl (C=O) groups excluding carboxylic acids is 1. The molecule has 1 aliphatic rings. The van der Waals surface area contributed by atoms with E-state index in [1.54, 1.807) is 19.1 Å². The predicted molar refractivity (Wildman–Crippen MR) is 117 cm³/mol. The molecule has 1 aromatic carbocycles. The fourth-order valence-corrected chi connectivity index (χ4v) is 3.53. The van der Waals surface area contributed by atoms with Crippen LogP contribution in [0.2, 0.25) is 5.02 Å². The number of nitrogens with zero attached hydrogens (tertiary/aromatic N) is 1. The van der Waals surface area contributed by atoms with Crippen molar-refractivity contribution in [1.29, 1.82) is 0 Å². The highest BCUT2D eigenvalue weighted by Crippen LogP contribution is 2.32. The second kappa shape index (κ2) is 10.1. The van der Waals surface area contributed by atoms with Crippen LogP contribution in [-0.4, -0.2) is 56.8 Å². The molecule has 30 heavy (non-hydrogen) atoms. The lowest BCUT2D eigenvalue weighted by Gasteiger charge is -2.26. The van der Waals surface area contributed by atoms with E-state index in [2.05, 4.69) is 16.8 Å². The number of rotatable bonds is 8. The summed E-state index contributed by atoms with van der Waals surface area (Å²) in [4.78, 5) is 27.1. The van der Waals surface area contributed by atoms with Crippen LogP contribution in [0.4, 0.5) is 0 Å². The molecular formula is C22H27ClN2O5. The molecule has 1 amide bonds. The van der Waals surface area contributed by atoms with Crippen molar-refractivity contribution < 1.29 is 18.7 Å². The summed E-state index contributed by atoms with van der Waals surface area (Å²) in [6.07, 6.45) is -0.0429. The predicted octanol–water partition coefficient (Wildman–Crippen LogP) is 2.70. The van der Waals surface area contributed by atoms with Gasteiger partial charge in [0.2, 0.25) is 5.91 Å². The van der Waals surface area contributed by atoms with E-state index in [0.717, 1.165) is 25.2 Å². The lowest BCUT2D eigenvalue weighted by Crippen LogP contribution is -2.41. The number of nitrogens with one attached hydrogen (secondary N) is 1. The van der Waals surface area contributed by atoms with Gasteiger partial charge in [-0.15, -0.1) is 0 Å². The van der Waals surface area contributed by atoms with Crippen LogP contribution < -0.4 is 15.7 Å². The Hall–Kier alpha value is -2.35. The molecule has 1 aromatic heterocycles. The van der Waals surface area contributed by atoms with E-state index in [1.165, 1.54) is 0 Å². The zero-order chi connectivity index (χ0) is 21.7. The van der Waals surface area contributed by atoms with Gasteiger partial charge >= 0.3 is 5.63 Å². The van der Waals surface area contributed by atoms with Gasteiger partial charge < -0.3 is 19.2 Å². The van der Waals surface area contributed by atoms with Crippen molar-refractivity contribution in [1.82, 2.24) is 10.2 Å². The molecule has 0 bridgehead atoms. The van der Waals surface area contributed by atoms with Gasteiger partial charge in [0, 0.05) is 37.6 Å². The fourth-order valence-electron chi connectivity index (χ4n) is 3.31. The number of fused-ring (bicyclic) bond motifs is 1. The smallest absolute Gasteiger partial charge is 0.340 e. The molecule has 0 aliphatic carbocycles. The van der Waals surface area contributed by atoms with Crippen molar-refractivity contribution in [3.63, 3.8) is 0 Å². The first-order chi connectivity index (χ1) is 14.3. The van der Waals surface area contributed by atoms with Gasteiger partial charge in [-0.2, -0.15) is 0 Å². The third kappa shape index (κ3) is 5.62. The Bertz CT molecular complexity index is 995. The first-order valence-corrected chi connectivity index (χ1v) is 10.3. The number of carbonyl (C=O) groups is 1.